The summed E-state index contributed by atoms with van der Waals surface area (Å²) < 4.78 is 0. The first-order valence-corrected chi connectivity index (χ1v) is 4.16. The fourth-order valence-electron chi connectivity index (χ4n) is 1.28. The van der Waals surface area contributed by atoms with E-state index in [0.29, 0.717) is 18.4 Å². The Morgan fingerprint density at radius 3 is 2.18 bits per heavy atom. The van der Waals surface area contributed by atoms with Gasteiger partial charge in [-0.1, -0.05) is 32.6 Å². The molecular weight excluding hydrogens is 134 g/mol. The average Bonchev–Trinajstić information content (AvgIpc) is 1.99. The lowest BCUT2D eigenvalue weighted by Crippen LogP contribution is -2.21. The van der Waals surface area contributed by atoms with Crippen LogP contribution in [0.25, 0.3) is 0 Å². The summed E-state index contributed by atoms with van der Waals surface area (Å²) >= 11 is 0. The van der Waals surface area contributed by atoms with Crippen molar-refractivity contribution in [1.29, 1.82) is 0 Å². The summed E-state index contributed by atoms with van der Waals surface area (Å²) in [5, 5.41) is 0. The van der Waals surface area contributed by atoms with E-state index in [1.54, 1.807) is 0 Å². The van der Waals surface area contributed by atoms with Crippen LogP contribution in [-0.4, -0.2) is 6.54 Å². The highest BCUT2D eigenvalue weighted by Gasteiger charge is 2.12. The largest absolute Gasteiger partial charge is 0.330 e. The number of hydrogen-bond donors (Lipinski definition) is 1. The summed E-state index contributed by atoms with van der Waals surface area (Å²) in [4.78, 5) is 0. The summed E-state index contributed by atoms with van der Waals surface area (Å²) in [6.07, 6.45) is 3.99. The van der Waals surface area contributed by atoms with Gasteiger partial charge in [0, 0.05) is 0 Å². The zero-order chi connectivity index (χ0) is 8.85. The molecule has 0 aliphatic carbocycles. The van der Waals surface area contributed by atoms with Crippen LogP contribution in [0.2, 0.25) is 0 Å². The van der Waals surface area contributed by atoms with E-state index in [-0.39, 0.29) is 0 Å². The molecule has 1 nitrogen and oxygen atoms in total. The van der Waals surface area contributed by atoms with E-state index in [1.807, 2.05) is 13.0 Å². The van der Waals surface area contributed by atoms with Crippen LogP contribution in [0.4, 0.5) is 0 Å². The van der Waals surface area contributed by atoms with Crippen molar-refractivity contribution in [3.05, 3.63) is 24.3 Å². The molecule has 0 aromatic rings. The van der Waals surface area contributed by atoms with Gasteiger partial charge in [0.05, 0.1) is 0 Å². The Balaban J connectivity index is 4.34. The Morgan fingerprint density at radius 2 is 2.09 bits per heavy atom. The minimum Gasteiger partial charge on any atom is -0.330 e. The minimum absolute atomic E-state index is 0.470. The van der Waals surface area contributed by atoms with Crippen molar-refractivity contribution in [3.8, 4) is 0 Å². The molecule has 1 heteroatoms. The van der Waals surface area contributed by atoms with Crippen LogP contribution in [0.1, 0.15) is 20.8 Å². The molecule has 0 aromatic heterocycles. The van der Waals surface area contributed by atoms with Crippen LogP contribution in [0.3, 0.4) is 0 Å². The van der Waals surface area contributed by atoms with E-state index in [0.717, 1.165) is 0 Å². The SMILES string of the molecule is C=C/C(=C\C)C(CN)C(C)C. The molecule has 1 atom stereocenters. The number of allylic oxidation sites excluding steroid dienone is 2. The smallest absolute Gasteiger partial charge is 0.000589 e. The van der Waals surface area contributed by atoms with Crippen molar-refractivity contribution in [2.45, 2.75) is 20.8 Å². The third kappa shape index (κ3) is 2.89. The van der Waals surface area contributed by atoms with E-state index in [4.69, 9.17) is 5.73 Å². The normalized spacial score (nSPS) is 15.2. The molecule has 11 heavy (non-hydrogen) atoms. The van der Waals surface area contributed by atoms with Crippen molar-refractivity contribution in [2.75, 3.05) is 6.54 Å². The van der Waals surface area contributed by atoms with Gasteiger partial charge in [0.15, 0.2) is 0 Å². The molecule has 64 valence electrons. The molecule has 0 rings (SSSR count). The third-order valence-electron chi connectivity index (χ3n) is 2.06. The first-order chi connectivity index (χ1) is 5.17. The molecule has 0 saturated carbocycles. The lowest BCUT2D eigenvalue weighted by Gasteiger charge is -2.19. The zero-order valence-corrected chi connectivity index (χ0v) is 7.80. The second kappa shape index (κ2) is 5.14. The molecule has 0 spiro atoms. The predicted molar refractivity (Wildman–Crippen MR) is 51.3 cm³/mol. The quantitative estimate of drug-likeness (QED) is 0.616. The first kappa shape index (κ1) is 10.4. The Bertz CT molecular complexity index is 145. The lowest BCUT2D eigenvalue weighted by atomic mass is 9.88. The fourth-order valence-corrected chi connectivity index (χ4v) is 1.28. The van der Waals surface area contributed by atoms with Crippen LogP contribution < -0.4 is 5.73 Å². The lowest BCUT2D eigenvalue weighted by molar-refractivity contribution is 0.459. The van der Waals surface area contributed by atoms with Gasteiger partial charge in [-0.15, -0.1) is 0 Å². The summed E-state index contributed by atoms with van der Waals surface area (Å²) in [6.45, 7) is 10.9. The molecule has 0 bridgehead atoms. The van der Waals surface area contributed by atoms with Gasteiger partial charge in [-0.05, 0) is 30.9 Å². The van der Waals surface area contributed by atoms with E-state index >= 15 is 0 Å². The van der Waals surface area contributed by atoms with Crippen LogP contribution >= 0.6 is 0 Å². The molecule has 0 radical (unpaired) electrons. The third-order valence-corrected chi connectivity index (χ3v) is 2.06. The maximum atomic E-state index is 5.64. The molecule has 0 aromatic carbocycles. The van der Waals surface area contributed by atoms with Crippen LogP contribution in [0.5, 0.6) is 0 Å². The summed E-state index contributed by atoms with van der Waals surface area (Å²) in [7, 11) is 0. The second-order valence-electron chi connectivity index (χ2n) is 3.08. The Labute approximate surface area is 70.0 Å². The highest BCUT2D eigenvalue weighted by molar-refractivity contribution is 5.19. The highest BCUT2D eigenvalue weighted by Crippen LogP contribution is 2.19. The second-order valence-corrected chi connectivity index (χ2v) is 3.08. The summed E-state index contributed by atoms with van der Waals surface area (Å²) in [5.74, 6) is 1.07. The van der Waals surface area contributed by atoms with Gasteiger partial charge in [-0.2, -0.15) is 0 Å². The highest BCUT2D eigenvalue weighted by atomic mass is 14.6. The number of rotatable bonds is 4. The van der Waals surface area contributed by atoms with Gasteiger partial charge in [-0.25, -0.2) is 0 Å². The summed E-state index contributed by atoms with van der Waals surface area (Å²) in [6, 6.07) is 0. The topological polar surface area (TPSA) is 26.0 Å². The van der Waals surface area contributed by atoms with Crippen molar-refractivity contribution in [1.82, 2.24) is 0 Å². The maximum absolute atomic E-state index is 5.64. The monoisotopic (exact) mass is 153 g/mol. The van der Waals surface area contributed by atoms with Gasteiger partial charge >= 0.3 is 0 Å². The molecule has 0 saturated heterocycles. The molecule has 0 aliphatic rings. The maximum Gasteiger partial charge on any atom is -0.000589 e. The molecule has 0 heterocycles. The van der Waals surface area contributed by atoms with E-state index < -0.39 is 0 Å². The van der Waals surface area contributed by atoms with Crippen molar-refractivity contribution in [2.24, 2.45) is 17.6 Å². The molecule has 0 aliphatic heterocycles. The van der Waals surface area contributed by atoms with E-state index in [1.165, 1.54) is 5.57 Å². The minimum atomic E-state index is 0.470. The van der Waals surface area contributed by atoms with Crippen LogP contribution in [0, 0.1) is 11.8 Å². The van der Waals surface area contributed by atoms with Crippen molar-refractivity contribution >= 4 is 0 Å². The Morgan fingerprint density at radius 1 is 1.55 bits per heavy atom. The molecule has 2 N–H and O–H groups in total. The predicted octanol–water partition coefficient (Wildman–Crippen LogP) is 2.35. The van der Waals surface area contributed by atoms with E-state index in [9.17, 15) is 0 Å². The molecular formula is C10H19N. The van der Waals surface area contributed by atoms with Crippen LogP contribution in [0.15, 0.2) is 24.3 Å². The summed E-state index contributed by atoms with van der Waals surface area (Å²) in [5.41, 5.74) is 6.90. The molecule has 0 fully saturated rings. The standard InChI is InChI=1S/C10H19N/c1-5-9(6-2)10(7-11)8(3)4/h5-6,8,10H,1,7,11H2,2-4H3/b9-6+. The van der Waals surface area contributed by atoms with Gasteiger partial charge in [0.2, 0.25) is 0 Å². The van der Waals surface area contributed by atoms with Gasteiger partial charge in [-0.3, -0.25) is 0 Å². The van der Waals surface area contributed by atoms with Gasteiger partial charge in [0.1, 0.15) is 0 Å². The van der Waals surface area contributed by atoms with Gasteiger partial charge < -0.3 is 5.73 Å². The number of hydrogen-bond acceptors (Lipinski definition) is 1. The van der Waals surface area contributed by atoms with Crippen LogP contribution in [-0.2, 0) is 0 Å². The van der Waals surface area contributed by atoms with Gasteiger partial charge in [0.25, 0.3) is 0 Å². The zero-order valence-electron chi connectivity index (χ0n) is 7.80. The van der Waals surface area contributed by atoms with Crippen molar-refractivity contribution in [3.63, 3.8) is 0 Å². The average molecular weight is 153 g/mol. The Hall–Kier alpha value is -0.560. The first-order valence-electron chi connectivity index (χ1n) is 4.16. The number of nitrogens with two attached hydrogens (primary N) is 1. The van der Waals surface area contributed by atoms with E-state index in [2.05, 4.69) is 26.5 Å². The Kier molecular flexibility index (Phi) is 4.88. The van der Waals surface area contributed by atoms with Crippen molar-refractivity contribution < 1.29 is 0 Å². The fraction of sp³-hybridized carbons (Fsp3) is 0.600. The molecule has 0 amide bonds. The molecule has 1 unspecified atom stereocenters.